The molecule has 1 aliphatic carbocycles. The lowest BCUT2D eigenvalue weighted by molar-refractivity contribution is 0.0574. The van der Waals surface area contributed by atoms with E-state index in [2.05, 4.69) is 46.2 Å². The maximum Gasteiger partial charge on any atom is 0.251 e. The van der Waals surface area contributed by atoms with Crippen molar-refractivity contribution in [3.05, 3.63) is 30.0 Å². The van der Waals surface area contributed by atoms with Crippen LogP contribution in [-0.4, -0.2) is 84.5 Å². The van der Waals surface area contributed by atoms with E-state index in [1.54, 1.807) is 19.4 Å². The van der Waals surface area contributed by atoms with E-state index in [0.29, 0.717) is 35.5 Å². The number of benzene rings is 1. The molecule has 2 aromatic rings. The quantitative estimate of drug-likeness (QED) is 0.430. The summed E-state index contributed by atoms with van der Waals surface area (Å²) in [4.78, 5) is 29.4. The van der Waals surface area contributed by atoms with Crippen molar-refractivity contribution in [1.82, 2.24) is 20.2 Å². The molecule has 1 aromatic carbocycles. The monoisotopic (exact) mass is 565 g/mol. The van der Waals surface area contributed by atoms with Gasteiger partial charge < -0.3 is 35.2 Å². The number of piperidine rings is 1. The van der Waals surface area contributed by atoms with Crippen LogP contribution >= 0.6 is 0 Å². The standard InChI is InChI=1S/C31H47N7O3/c1-6-15-37-16-13-22(14-17-37)33-28(39)21-11-12-24(26(18-21)41-5)34-30-32-19-25-27(35-30)38(23-9-7-8-10-23)20-31(2,3)29(40)36(25)4/h11-12,18-19,22-23,29,40H,6-10,13-17,20H2,1-5H3,(H,33,39)(H,32,34,35). The molecule has 10 heteroatoms. The zero-order valence-corrected chi connectivity index (χ0v) is 25.3. The first-order valence-electron chi connectivity index (χ1n) is 15.2. The summed E-state index contributed by atoms with van der Waals surface area (Å²) in [6.45, 7) is 10.3. The van der Waals surface area contributed by atoms with E-state index in [1.165, 1.54) is 12.8 Å². The summed E-state index contributed by atoms with van der Waals surface area (Å²) in [6, 6.07) is 6.01. The van der Waals surface area contributed by atoms with Crippen molar-refractivity contribution < 1.29 is 14.6 Å². The maximum atomic E-state index is 13.1. The van der Waals surface area contributed by atoms with Gasteiger partial charge in [0.15, 0.2) is 5.82 Å². The lowest BCUT2D eigenvalue weighted by Crippen LogP contribution is -2.48. The zero-order chi connectivity index (χ0) is 29.1. The molecular weight excluding hydrogens is 518 g/mol. The van der Waals surface area contributed by atoms with E-state index >= 15 is 0 Å². The van der Waals surface area contributed by atoms with Crippen molar-refractivity contribution in [2.45, 2.75) is 84.0 Å². The average molecular weight is 566 g/mol. The fraction of sp³-hybridized carbons (Fsp3) is 0.645. The highest BCUT2D eigenvalue weighted by molar-refractivity contribution is 5.95. The second-order valence-electron chi connectivity index (χ2n) is 12.6. The molecule has 5 rings (SSSR count). The number of aliphatic hydroxyl groups is 1. The number of nitrogens with one attached hydrogen (secondary N) is 2. The smallest absolute Gasteiger partial charge is 0.251 e. The van der Waals surface area contributed by atoms with Crippen LogP contribution < -0.4 is 25.2 Å². The van der Waals surface area contributed by atoms with Crippen molar-refractivity contribution in [3.8, 4) is 5.75 Å². The first-order chi connectivity index (χ1) is 19.7. The van der Waals surface area contributed by atoms with Crippen LogP contribution in [0.3, 0.4) is 0 Å². The van der Waals surface area contributed by atoms with Gasteiger partial charge in [0, 0.05) is 49.7 Å². The molecule has 2 fully saturated rings. The average Bonchev–Trinajstić information content (AvgIpc) is 3.49. The minimum Gasteiger partial charge on any atom is -0.495 e. The van der Waals surface area contributed by atoms with Crippen molar-refractivity contribution in [3.63, 3.8) is 0 Å². The Bertz CT molecular complexity index is 1210. The van der Waals surface area contributed by atoms with Gasteiger partial charge in [0.05, 0.1) is 19.0 Å². The number of fused-ring (bicyclic) bond motifs is 1. The van der Waals surface area contributed by atoms with Crippen LogP contribution in [0.15, 0.2) is 24.4 Å². The van der Waals surface area contributed by atoms with Gasteiger partial charge in [-0.3, -0.25) is 4.79 Å². The highest BCUT2D eigenvalue weighted by Gasteiger charge is 2.41. The predicted molar refractivity (Wildman–Crippen MR) is 163 cm³/mol. The number of nitrogens with zero attached hydrogens (tertiary/aromatic N) is 5. The van der Waals surface area contributed by atoms with Gasteiger partial charge in [0.2, 0.25) is 5.95 Å². The SMILES string of the molecule is CCCN1CCC(NC(=O)c2ccc(Nc3ncc4c(n3)N(C3CCCC3)CC(C)(C)C(O)N4C)c(OC)c2)CC1. The second-order valence-corrected chi connectivity index (χ2v) is 12.6. The summed E-state index contributed by atoms with van der Waals surface area (Å²) in [5.41, 5.74) is 1.72. The summed E-state index contributed by atoms with van der Waals surface area (Å²) in [7, 11) is 3.50. The largest absolute Gasteiger partial charge is 0.495 e. The van der Waals surface area contributed by atoms with Gasteiger partial charge in [-0.15, -0.1) is 0 Å². The third kappa shape index (κ3) is 6.38. The van der Waals surface area contributed by atoms with E-state index in [9.17, 15) is 9.90 Å². The van der Waals surface area contributed by atoms with Crippen LogP contribution in [0, 0.1) is 5.41 Å². The number of carbonyl (C=O) groups excluding carboxylic acids is 1. The number of rotatable bonds is 8. The summed E-state index contributed by atoms with van der Waals surface area (Å²) >= 11 is 0. The molecule has 224 valence electrons. The topological polar surface area (TPSA) is 106 Å². The van der Waals surface area contributed by atoms with Gasteiger partial charge in [-0.05, 0) is 56.8 Å². The van der Waals surface area contributed by atoms with Crippen LogP contribution in [0.1, 0.15) is 76.1 Å². The van der Waals surface area contributed by atoms with Gasteiger partial charge in [0.25, 0.3) is 5.91 Å². The van der Waals surface area contributed by atoms with Crippen molar-refractivity contribution in [1.29, 1.82) is 0 Å². The highest BCUT2D eigenvalue weighted by atomic mass is 16.5. The first-order valence-corrected chi connectivity index (χ1v) is 15.2. The number of hydrogen-bond donors (Lipinski definition) is 3. The van der Waals surface area contributed by atoms with Gasteiger partial charge in [-0.25, -0.2) is 4.98 Å². The van der Waals surface area contributed by atoms with E-state index < -0.39 is 6.23 Å². The number of aliphatic hydroxyl groups excluding tert-OH is 1. The van der Waals surface area contributed by atoms with E-state index in [1.807, 2.05) is 24.1 Å². The normalized spacial score (nSPS) is 21.9. The molecule has 0 spiro atoms. The number of methoxy groups -OCH3 is 1. The molecule has 3 heterocycles. The number of anilines is 4. The zero-order valence-electron chi connectivity index (χ0n) is 25.3. The van der Waals surface area contributed by atoms with Crippen LogP contribution in [0.25, 0.3) is 0 Å². The van der Waals surface area contributed by atoms with E-state index in [-0.39, 0.29) is 17.4 Å². The van der Waals surface area contributed by atoms with E-state index in [0.717, 1.165) is 63.2 Å². The Morgan fingerprint density at radius 1 is 1.17 bits per heavy atom. The molecule has 41 heavy (non-hydrogen) atoms. The summed E-state index contributed by atoms with van der Waals surface area (Å²) in [5.74, 6) is 1.75. The van der Waals surface area contributed by atoms with Crippen LogP contribution in [-0.2, 0) is 0 Å². The molecule has 1 unspecified atom stereocenters. The van der Waals surface area contributed by atoms with Crippen LogP contribution in [0.5, 0.6) is 5.75 Å². The van der Waals surface area contributed by atoms with Crippen molar-refractivity contribution >= 4 is 29.0 Å². The summed E-state index contributed by atoms with van der Waals surface area (Å²) in [5, 5.41) is 17.7. The number of hydrogen-bond acceptors (Lipinski definition) is 9. The molecule has 3 aliphatic rings. The lowest BCUT2D eigenvalue weighted by atomic mass is 9.89. The van der Waals surface area contributed by atoms with Crippen molar-refractivity contribution in [2.75, 3.05) is 55.5 Å². The maximum absolute atomic E-state index is 13.1. The minimum atomic E-state index is -0.655. The number of ether oxygens (including phenoxy) is 1. The van der Waals surface area contributed by atoms with Crippen LogP contribution in [0.4, 0.5) is 23.1 Å². The Hall–Kier alpha value is -3.11. The molecule has 1 saturated carbocycles. The second kappa shape index (κ2) is 12.4. The molecule has 1 aromatic heterocycles. The number of carbonyl (C=O) groups is 1. The Morgan fingerprint density at radius 3 is 2.59 bits per heavy atom. The Kier molecular flexibility index (Phi) is 8.89. The molecule has 0 radical (unpaired) electrons. The van der Waals surface area contributed by atoms with Gasteiger partial charge >= 0.3 is 0 Å². The molecule has 1 atom stereocenters. The predicted octanol–water partition coefficient (Wildman–Crippen LogP) is 4.38. The summed E-state index contributed by atoms with van der Waals surface area (Å²) in [6.07, 6.45) is 8.90. The van der Waals surface area contributed by atoms with Gasteiger partial charge in [-0.2, -0.15) is 4.98 Å². The first kappa shape index (κ1) is 29.4. The third-order valence-corrected chi connectivity index (χ3v) is 8.98. The Balaban J connectivity index is 1.34. The fourth-order valence-corrected chi connectivity index (χ4v) is 6.60. The molecule has 2 aliphatic heterocycles. The summed E-state index contributed by atoms with van der Waals surface area (Å²) < 4.78 is 5.68. The molecule has 1 saturated heterocycles. The lowest BCUT2D eigenvalue weighted by Gasteiger charge is -2.37. The molecule has 3 N–H and O–H groups in total. The Morgan fingerprint density at radius 2 is 1.90 bits per heavy atom. The number of likely N-dealkylation sites (tertiary alicyclic amines) is 1. The highest BCUT2D eigenvalue weighted by Crippen LogP contribution is 2.42. The van der Waals surface area contributed by atoms with Crippen LogP contribution in [0.2, 0.25) is 0 Å². The molecular formula is C31H47N7O3. The minimum absolute atomic E-state index is 0.0820. The third-order valence-electron chi connectivity index (χ3n) is 8.98. The van der Waals surface area contributed by atoms with Gasteiger partial charge in [0.1, 0.15) is 17.7 Å². The molecule has 10 nitrogen and oxygen atoms in total. The Labute approximate surface area is 244 Å². The molecule has 1 amide bonds. The van der Waals surface area contributed by atoms with Gasteiger partial charge in [-0.1, -0.05) is 33.6 Å². The fourth-order valence-electron chi connectivity index (χ4n) is 6.60. The van der Waals surface area contributed by atoms with E-state index in [4.69, 9.17) is 9.72 Å². The van der Waals surface area contributed by atoms with Crippen molar-refractivity contribution in [2.24, 2.45) is 5.41 Å². The molecule has 0 bridgehead atoms. The number of amides is 1. The number of aromatic nitrogens is 2.